The lowest BCUT2D eigenvalue weighted by atomic mass is 10.1. The van der Waals surface area contributed by atoms with Crippen LogP contribution in [0, 0.1) is 0 Å². The predicted molar refractivity (Wildman–Crippen MR) is 76.2 cm³/mol. The molecule has 0 radical (unpaired) electrons. The molecule has 0 bridgehead atoms. The fourth-order valence-electron chi connectivity index (χ4n) is 2.59. The first kappa shape index (κ1) is 12.7. The summed E-state index contributed by atoms with van der Waals surface area (Å²) in [6.45, 7) is 0.526. The lowest BCUT2D eigenvalue weighted by molar-refractivity contribution is -0.125. The van der Waals surface area contributed by atoms with Gasteiger partial charge in [-0.3, -0.25) is 9.59 Å². The molecule has 0 saturated carbocycles. The topological polar surface area (TPSA) is 74.0 Å². The highest BCUT2D eigenvalue weighted by Gasteiger charge is 2.19. The van der Waals surface area contributed by atoms with Crippen molar-refractivity contribution in [2.45, 2.75) is 25.3 Å². The number of piperidine rings is 1. The minimum Gasteiger partial charge on any atom is -0.361 e. The summed E-state index contributed by atoms with van der Waals surface area (Å²) in [6.07, 6.45) is 3.44. The van der Waals surface area contributed by atoms with Crippen LogP contribution in [0.15, 0.2) is 30.5 Å². The van der Waals surface area contributed by atoms with E-state index < -0.39 is 0 Å². The molecule has 2 aromatic rings. The van der Waals surface area contributed by atoms with Crippen LogP contribution in [0.3, 0.4) is 0 Å². The average molecular weight is 271 g/mol. The Morgan fingerprint density at radius 1 is 1.35 bits per heavy atom. The van der Waals surface area contributed by atoms with Crippen LogP contribution < -0.4 is 10.6 Å². The highest BCUT2D eigenvalue weighted by molar-refractivity contribution is 5.89. The van der Waals surface area contributed by atoms with E-state index in [-0.39, 0.29) is 17.9 Å². The van der Waals surface area contributed by atoms with Gasteiger partial charge in [-0.05, 0) is 18.1 Å². The van der Waals surface area contributed by atoms with Crippen LogP contribution in [-0.4, -0.2) is 29.4 Å². The molecule has 20 heavy (non-hydrogen) atoms. The summed E-state index contributed by atoms with van der Waals surface area (Å²) in [5, 5.41) is 6.82. The smallest absolute Gasteiger partial charge is 0.224 e. The molecule has 3 N–H and O–H groups in total. The number of rotatable bonds is 3. The first-order valence-electron chi connectivity index (χ1n) is 6.83. The highest BCUT2D eigenvalue weighted by Crippen LogP contribution is 2.18. The maximum absolute atomic E-state index is 12.1. The molecule has 5 nitrogen and oxygen atoms in total. The van der Waals surface area contributed by atoms with Crippen LogP contribution in [-0.2, 0) is 16.0 Å². The third-order valence-electron chi connectivity index (χ3n) is 3.66. The molecular weight excluding hydrogens is 254 g/mol. The number of hydrogen-bond donors (Lipinski definition) is 3. The Morgan fingerprint density at radius 2 is 2.20 bits per heavy atom. The van der Waals surface area contributed by atoms with Gasteiger partial charge in [0.15, 0.2) is 0 Å². The Bertz CT molecular complexity index is 637. The summed E-state index contributed by atoms with van der Waals surface area (Å²) >= 11 is 0. The summed E-state index contributed by atoms with van der Waals surface area (Å²) in [5.41, 5.74) is 2.04. The van der Waals surface area contributed by atoms with Crippen LogP contribution in [0.4, 0.5) is 0 Å². The number of carbonyl (C=O) groups excluding carboxylic acids is 2. The van der Waals surface area contributed by atoms with Crippen molar-refractivity contribution in [1.29, 1.82) is 0 Å². The van der Waals surface area contributed by atoms with Crippen molar-refractivity contribution < 1.29 is 9.59 Å². The third kappa shape index (κ3) is 2.66. The minimum atomic E-state index is -0.00379. The molecule has 1 saturated heterocycles. The van der Waals surface area contributed by atoms with Gasteiger partial charge in [-0.2, -0.15) is 0 Å². The molecular formula is C15H17N3O2. The second-order valence-electron chi connectivity index (χ2n) is 5.14. The molecule has 1 atom stereocenters. The zero-order chi connectivity index (χ0) is 13.9. The molecule has 1 aromatic carbocycles. The van der Waals surface area contributed by atoms with Gasteiger partial charge in [0, 0.05) is 36.1 Å². The van der Waals surface area contributed by atoms with Gasteiger partial charge in [0.25, 0.3) is 0 Å². The Kier molecular flexibility index (Phi) is 3.41. The summed E-state index contributed by atoms with van der Waals surface area (Å²) in [6, 6.07) is 7.98. The van der Waals surface area contributed by atoms with Crippen LogP contribution in [0.5, 0.6) is 0 Å². The molecule has 1 aromatic heterocycles. The molecule has 5 heteroatoms. The summed E-state index contributed by atoms with van der Waals surface area (Å²) in [7, 11) is 0. The molecule has 0 aliphatic carbocycles. The fraction of sp³-hybridized carbons (Fsp3) is 0.333. The minimum absolute atomic E-state index is 0.00379. The lowest BCUT2D eigenvalue weighted by Crippen LogP contribution is -2.48. The quantitative estimate of drug-likeness (QED) is 0.782. The number of fused-ring (bicyclic) bond motifs is 1. The molecule has 1 fully saturated rings. The number of aromatic amines is 1. The summed E-state index contributed by atoms with van der Waals surface area (Å²) < 4.78 is 0. The Morgan fingerprint density at radius 3 is 3.00 bits per heavy atom. The standard InChI is InChI=1S/C15H17N3O2/c19-14-6-5-11(9-17-14)18-15(20)7-10-8-16-13-4-2-1-3-12(10)13/h1-4,8,11,16H,5-7,9H2,(H,17,19)(H,18,20). The van der Waals surface area contributed by atoms with Gasteiger partial charge < -0.3 is 15.6 Å². The predicted octanol–water partition coefficient (Wildman–Crippen LogP) is 1.11. The van der Waals surface area contributed by atoms with Crippen molar-refractivity contribution >= 4 is 22.7 Å². The Hall–Kier alpha value is -2.30. The molecule has 1 aliphatic rings. The maximum Gasteiger partial charge on any atom is 0.224 e. The molecule has 2 amide bonds. The van der Waals surface area contributed by atoms with Crippen molar-refractivity contribution in [2.75, 3.05) is 6.54 Å². The molecule has 2 heterocycles. The number of aromatic nitrogens is 1. The van der Waals surface area contributed by atoms with Crippen molar-refractivity contribution in [1.82, 2.24) is 15.6 Å². The average Bonchev–Trinajstić information content (AvgIpc) is 2.85. The van der Waals surface area contributed by atoms with Crippen LogP contribution in [0.1, 0.15) is 18.4 Å². The number of H-pyrrole nitrogens is 1. The number of nitrogens with one attached hydrogen (secondary N) is 3. The van der Waals surface area contributed by atoms with Gasteiger partial charge in [0.05, 0.1) is 6.42 Å². The summed E-state index contributed by atoms with van der Waals surface area (Å²) in [4.78, 5) is 26.3. The molecule has 3 rings (SSSR count). The van der Waals surface area contributed by atoms with Gasteiger partial charge in [0.2, 0.25) is 11.8 Å². The summed E-state index contributed by atoms with van der Waals surface area (Å²) in [5.74, 6) is 0.0584. The van der Waals surface area contributed by atoms with Crippen molar-refractivity contribution in [2.24, 2.45) is 0 Å². The number of para-hydroxylation sites is 1. The number of hydrogen-bond acceptors (Lipinski definition) is 2. The lowest BCUT2D eigenvalue weighted by Gasteiger charge is -2.23. The van der Waals surface area contributed by atoms with E-state index in [4.69, 9.17) is 0 Å². The SMILES string of the molecule is O=C1CCC(NC(=O)Cc2c[nH]c3ccccc23)CN1. The van der Waals surface area contributed by atoms with Gasteiger partial charge in [-0.25, -0.2) is 0 Å². The zero-order valence-electron chi connectivity index (χ0n) is 11.1. The van der Waals surface area contributed by atoms with Crippen LogP contribution >= 0.6 is 0 Å². The van der Waals surface area contributed by atoms with Crippen LogP contribution in [0.25, 0.3) is 10.9 Å². The Labute approximate surface area is 116 Å². The van der Waals surface area contributed by atoms with Gasteiger partial charge >= 0.3 is 0 Å². The molecule has 104 valence electrons. The van der Waals surface area contributed by atoms with E-state index in [9.17, 15) is 9.59 Å². The van der Waals surface area contributed by atoms with Gasteiger partial charge in [-0.15, -0.1) is 0 Å². The molecule has 1 aliphatic heterocycles. The van der Waals surface area contributed by atoms with Crippen molar-refractivity contribution in [3.8, 4) is 0 Å². The van der Waals surface area contributed by atoms with Crippen molar-refractivity contribution in [3.63, 3.8) is 0 Å². The highest BCUT2D eigenvalue weighted by atomic mass is 16.2. The molecule has 0 spiro atoms. The first-order chi connectivity index (χ1) is 9.72. The third-order valence-corrected chi connectivity index (χ3v) is 3.66. The Balaban J connectivity index is 1.63. The normalized spacial score (nSPS) is 18.8. The van der Waals surface area contributed by atoms with E-state index in [0.29, 0.717) is 25.8 Å². The second-order valence-corrected chi connectivity index (χ2v) is 5.14. The monoisotopic (exact) mass is 271 g/mol. The first-order valence-corrected chi connectivity index (χ1v) is 6.83. The number of amides is 2. The largest absolute Gasteiger partial charge is 0.361 e. The maximum atomic E-state index is 12.1. The van der Waals surface area contributed by atoms with Crippen molar-refractivity contribution in [3.05, 3.63) is 36.0 Å². The van der Waals surface area contributed by atoms with E-state index in [1.165, 1.54) is 0 Å². The van der Waals surface area contributed by atoms with E-state index in [0.717, 1.165) is 16.5 Å². The second kappa shape index (κ2) is 5.36. The number of carbonyl (C=O) groups is 2. The van der Waals surface area contributed by atoms with E-state index in [1.54, 1.807) is 0 Å². The fourth-order valence-corrected chi connectivity index (χ4v) is 2.59. The van der Waals surface area contributed by atoms with Gasteiger partial charge in [-0.1, -0.05) is 18.2 Å². The zero-order valence-corrected chi connectivity index (χ0v) is 11.1. The van der Waals surface area contributed by atoms with E-state index >= 15 is 0 Å². The van der Waals surface area contributed by atoms with Crippen LogP contribution in [0.2, 0.25) is 0 Å². The van der Waals surface area contributed by atoms with E-state index in [1.807, 2.05) is 30.5 Å². The molecule has 1 unspecified atom stereocenters. The van der Waals surface area contributed by atoms with E-state index in [2.05, 4.69) is 15.6 Å². The number of benzene rings is 1. The van der Waals surface area contributed by atoms with Gasteiger partial charge in [0.1, 0.15) is 0 Å².